The summed E-state index contributed by atoms with van der Waals surface area (Å²) in [7, 11) is 0. The normalized spacial score (nSPS) is 19.2. The summed E-state index contributed by atoms with van der Waals surface area (Å²) in [4.78, 5) is 14.5. The Hall–Kier alpha value is -2.21. The molecular weight excluding hydrogens is 308 g/mol. The number of rotatable bonds is 5. The fourth-order valence-electron chi connectivity index (χ4n) is 2.92. The Morgan fingerprint density at radius 1 is 1.38 bits per heavy atom. The van der Waals surface area contributed by atoms with Crippen LogP contribution in [0.25, 0.3) is 0 Å². The lowest BCUT2D eigenvalue weighted by Crippen LogP contribution is -2.50. The van der Waals surface area contributed by atoms with E-state index >= 15 is 0 Å². The van der Waals surface area contributed by atoms with Crippen LogP contribution < -0.4 is 5.32 Å². The van der Waals surface area contributed by atoms with E-state index in [1.807, 2.05) is 38.1 Å². The van der Waals surface area contributed by atoms with Crippen LogP contribution in [0.2, 0.25) is 0 Å². The second kappa shape index (κ2) is 7.57. The minimum absolute atomic E-state index is 0.0186. The molecule has 0 saturated carbocycles. The highest BCUT2D eigenvalue weighted by Crippen LogP contribution is 2.26. The minimum Gasteiger partial charge on any atom is -0.469 e. The van der Waals surface area contributed by atoms with Gasteiger partial charge in [0.05, 0.1) is 19.5 Å². The number of nitrogens with one attached hydrogen (secondary N) is 1. The van der Waals surface area contributed by atoms with Gasteiger partial charge in [-0.15, -0.1) is 0 Å². The van der Waals surface area contributed by atoms with E-state index in [0.717, 1.165) is 23.7 Å². The maximum Gasteiger partial charge on any atom is 0.318 e. The number of morpholine rings is 1. The molecule has 0 aliphatic carbocycles. The van der Waals surface area contributed by atoms with Crippen LogP contribution in [0, 0.1) is 0 Å². The Morgan fingerprint density at radius 3 is 2.96 bits per heavy atom. The lowest BCUT2D eigenvalue weighted by Gasteiger charge is -2.35. The van der Waals surface area contributed by atoms with Crippen LogP contribution in [-0.2, 0) is 17.6 Å². The lowest BCUT2D eigenvalue weighted by molar-refractivity contribution is 0.00349. The van der Waals surface area contributed by atoms with Gasteiger partial charge in [-0.2, -0.15) is 0 Å². The molecule has 2 aromatic rings. The fraction of sp³-hybridized carbons (Fsp3) is 0.500. The van der Waals surface area contributed by atoms with Gasteiger partial charge in [0, 0.05) is 25.4 Å². The van der Waals surface area contributed by atoms with Crippen LogP contribution in [0.4, 0.5) is 4.79 Å². The monoisotopic (exact) mass is 332 g/mol. The zero-order chi connectivity index (χ0) is 16.9. The van der Waals surface area contributed by atoms with Crippen molar-refractivity contribution in [2.75, 3.05) is 19.8 Å². The summed E-state index contributed by atoms with van der Waals surface area (Å²) >= 11 is 0. The Labute approximate surface area is 141 Å². The van der Waals surface area contributed by atoms with Gasteiger partial charge >= 0.3 is 6.03 Å². The Bertz CT molecular complexity index is 650. The van der Waals surface area contributed by atoms with Crippen molar-refractivity contribution in [3.8, 4) is 0 Å². The summed E-state index contributed by atoms with van der Waals surface area (Å²) in [5, 5.41) is 3.04. The lowest BCUT2D eigenvalue weighted by atomic mass is 10.1. The number of nitrogens with zero attached hydrogens (tertiary/aromatic N) is 1. The molecule has 1 aliphatic heterocycles. The predicted molar refractivity (Wildman–Crippen MR) is 88.8 cm³/mol. The average molecular weight is 332 g/mol. The van der Waals surface area contributed by atoms with E-state index in [2.05, 4.69) is 5.32 Å². The Balaban J connectivity index is 1.64. The zero-order valence-corrected chi connectivity index (χ0v) is 14.2. The number of carbonyl (C=O) groups excluding carboxylic acids is 1. The number of amides is 2. The molecule has 2 amide bonds. The summed E-state index contributed by atoms with van der Waals surface area (Å²) < 4.78 is 16.7. The molecule has 1 N–H and O–H groups in total. The number of hydrogen-bond acceptors (Lipinski definition) is 4. The highest BCUT2D eigenvalue weighted by Gasteiger charge is 2.31. The molecule has 0 bridgehead atoms. The van der Waals surface area contributed by atoms with E-state index in [4.69, 9.17) is 13.6 Å². The average Bonchev–Trinajstić information content (AvgIpc) is 3.26. The second-order valence-corrected chi connectivity index (χ2v) is 6.08. The molecule has 3 heterocycles. The highest BCUT2D eigenvalue weighted by molar-refractivity contribution is 5.75. The first kappa shape index (κ1) is 16.6. The quantitative estimate of drug-likeness (QED) is 0.913. The van der Waals surface area contributed by atoms with Crippen LogP contribution in [0.3, 0.4) is 0 Å². The van der Waals surface area contributed by atoms with Crippen molar-refractivity contribution < 1.29 is 18.4 Å². The smallest absolute Gasteiger partial charge is 0.318 e. The molecule has 0 spiro atoms. The van der Waals surface area contributed by atoms with Crippen molar-refractivity contribution in [1.82, 2.24) is 10.2 Å². The molecule has 0 radical (unpaired) electrons. The van der Waals surface area contributed by atoms with E-state index in [1.165, 1.54) is 0 Å². The number of ether oxygens (including phenoxy) is 1. The Morgan fingerprint density at radius 2 is 2.25 bits per heavy atom. The predicted octanol–water partition coefficient (Wildman–Crippen LogP) is 3.15. The molecule has 130 valence electrons. The van der Waals surface area contributed by atoms with Crippen molar-refractivity contribution >= 4 is 6.03 Å². The molecule has 0 unspecified atom stereocenters. The standard InChI is InChI=1S/C18H24N2O4/c1-3-14-6-7-17(24-14)16-12-22-10-8-20(16)18(21)19-13(2)11-15-5-4-9-23-15/h4-7,9,13,16H,3,8,10-12H2,1-2H3,(H,19,21)/t13-,16-/m0/s1. The molecule has 1 aliphatic rings. The number of furan rings is 2. The largest absolute Gasteiger partial charge is 0.469 e. The summed E-state index contributed by atoms with van der Waals surface area (Å²) in [6, 6.07) is 7.35. The van der Waals surface area contributed by atoms with E-state index in [1.54, 1.807) is 11.2 Å². The molecule has 0 aromatic carbocycles. The molecule has 6 nitrogen and oxygen atoms in total. The second-order valence-electron chi connectivity index (χ2n) is 6.08. The molecular formula is C18H24N2O4. The first-order valence-corrected chi connectivity index (χ1v) is 8.43. The number of hydrogen-bond donors (Lipinski definition) is 1. The van der Waals surface area contributed by atoms with E-state index in [0.29, 0.717) is 26.2 Å². The summed E-state index contributed by atoms with van der Waals surface area (Å²) in [5.41, 5.74) is 0. The summed E-state index contributed by atoms with van der Waals surface area (Å²) in [6.07, 6.45) is 3.14. The molecule has 6 heteroatoms. The van der Waals surface area contributed by atoms with Crippen LogP contribution >= 0.6 is 0 Å². The third-order valence-corrected chi connectivity index (χ3v) is 4.21. The van der Waals surface area contributed by atoms with E-state index in [9.17, 15) is 4.79 Å². The maximum absolute atomic E-state index is 12.7. The number of carbonyl (C=O) groups is 1. The fourth-order valence-corrected chi connectivity index (χ4v) is 2.92. The van der Waals surface area contributed by atoms with Gasteiger partial charge in [-0.25, -0.2) is 4.79 Å². The first-order chi connectivity index (χ1) is 11.7. The molecule has 2 aromatic heterocycles. The molecule has 2 atom stereocenters. The van der Waals surface area contributed by atoms with Crippen molar-refractivity contribution in [2.24, 2.45) is 0 Å². The minimum atomic E-state index is -0.185. The van der Waals surface area contributed by atoms with Crippen molar-refractivity contribution in [2.45, 2.75) is 38.8 Å². The topological polar surface area (TPSA) is 67.8 Å². The maximum atomic E-state index is 12.7. The van der Waals surface area contributed by atoms with Crippen molar-refractivity contribution in [3.05, 3.63) is 47.8 Å². The van der Waals surface area contributed by atoms with Crippen LogP contribution in [-0.4, -0.2) is 36.7 Å². The van der Waals surface area contributed by atoms with Gasteiger partial charge in [0.1, 0.15) is 23.3 Å². The van der Waals surface area contributed by atoms with Gasteiger partial charge < -0.3 is 23.8 Å². The highest BCUT2D eigenvalue weighted by atomic mass is 16.5. The van der Waals surface area contributed by atoms with Gasteiger partial charge in [-0.3, -0.25) is 0 Å². The Kier molecular flexibility index (Phi) is 5.25. The van der Waals surface area contributed by atoms with Crippen LogP contribution in [0.5, 0.6) is 0 Å². The number of aryl methyl sites for hydroxylation is 1. The third-order valence-electron chi connectivity index (χ3n) is 4.21. The zero-order valence-electron chi connectivity index (χ0n) is 14.2. The van der Waals surface area contributed by atoms with Crippen LogP contribution in [0.15, 0.2) is 39.4 Å². The molecule has 24 heavy (non-hydrogen) atoms. The first-order valence-electron chi connectivity index (χ1n) is 8.43. The number of urea groups is 1. The SMILES string of the molecule is CCc1ccc([C@@H]2COCCN2C(=O)N[C@@H](C)Cc2ccco2)o1. The molecule has 1 fully saturated rings. The summed E-state index contributed by atoms with van der Waals surface area (Å²) in [5.74, 6) is 2.56. The van der Waals surface area contributed by atoms with Crippen molar-refractivity contribution in [1.29, 1.82) is 0 Å². The molecule has 3 rings (SSSR count). The van der Waals surface area contributed by atoms with Gasteiger partial charge in [0.15, 0.2) is 0 Å². The van der Waals surface area contributed by atoms with Gasteiger partial charge in [-0.1, -0.05) is 6.92 Å². The molecule has 1 saturated heterocycles. The van der Waals surface area contributed by atoms with E-state index < -0.39 is 0 Å². The van der Waals surface area contributed by atoms with Crippen LogP contribution in [0.1, 0.15) is 37.2 Å². The van der Waals surface area contributed by atoms with Gasteiger partial charge in [0.25, 0.3) is 0 Å². The van der Waals surface area contributed by atoms with Gasteiger partial charge in [-0.05, 0) is 31.2 Å². The van der Waals surface area contributed by atoms with Crippen molar-refractivity contribution in [3.63, 3.8) is 0 Å². The van der Waals surface area contributed by atoms with E-state index in [-0.39, 0.29) is 18.1 Å². The van der Waals surface area contributed by atoms with Gasteiger partial charge in [0.2, 0.25) is 0 Å². The summed E-state index contributed by atoms with van der Waals surface area (Å²) in [6.45, 7) is 5.55. The third kappa shape index (κ3) is 3.82.